The van der Waals surface area contributed by atoms with Gasteiger partial charge in [0.1, 0.15) is 10.6 Å². The zero-order valence-corrected chi connectivity index (χ0v) is 15.6. The van der Waals surface area contributed by atoms with Crippen molar-refractivity contribution >= 4 is 20.3 Å². The van der Waals surface area contributed by atoms with Crippen molar-refractivity contribution in [1.82, 2.24) is 0 Å². The maximum Gasteiger partial charge on any atom is 0.372 e. The maximum absolute atomic E-state index is 9.21. The molecule has 1 rings (SSSR count). The minimum Gasteiger partial charge on any atom is -0.393 e. The number of hydrogen-bond acceptors (Lipinski definition) is 5. The van der Waals surface area contributed by atoms with Gasteiger partial charge in [0.15, 0.2) is 0 Å². The molecule has 2 atom stereocenters. The van der Waals surface area contributed by atoms with Crippen molar-refractivity contribution in [2.75, 3.05) is 19.8 Å². The average molecular weight is 332 g/mol. The zero-order valence-electron chi connectivity index (χ0n) is 13.8. The maximum atomic E-state index is 9.21. The Labute approximate surface area is 134 Å². The topological polar surface area (TPSA) is 51.5 Å². The Balaban J connectivity index is 3.28. The third-order valence-corrected chi connectivity index (χ3v) is 9.88. The Morgan fingerprint density at radius 3 is 2.33 bits per heavy atom. The van der Waals surface area contributed by atoms with E-state index in [0.717, 1.165) is 31.7 Å². The van der Waals surface area contributed by atoms with Crippen molar-refractivity contribution < 1.29 is 13.6 Å². The molecule has 4 nitrogen and oxygen atoms in total. The van der Waals surface area contributed by atoms with Gasteiger partial charge >= 0.3 is 8.56 Å². The molecule has 2 unspecified atom stereocenters. The lowest BCUT2D eigenvalue weighted by atomic mass is 10.1. The fraction of sp³-hybridized carbons (Fsp3) is 0.933. The summed E-state index contributed by atoms with van der Waals surface area (Å²) in [7, 11) is -2.50. The third-order valence-electron chi connectivity index (χ3n) is 4.11. The van der Waals surface area contributed by atoms with Crippen molar-refractivity contribution in [3.8, 4) is 5.40 Å². The molecule has 0 N–H and O–H groups in total. The number of rotatable bonds is 9. The predicted octanol–water partition coefficient (Wildman–Crippen LogP) is 3.99. The molecule has 0 bridgehead atoms. The van der Waals surface area contributed by atoms with Gasteiger partial charge in [-0.05, 0) is 51.4 Å². The van der Waals surface area contributed by atoms with E-state index in [2.05, 4.69) is 12.3 Å². The smallest absolute Gasteiger partial charge is 0.372 e. The van der Waals surface area contributed by atoms with Crippen LogP contribution in [0.25, 0.3) is 0 Å². The van der Waals surface area contributed by atoms with E-state index in [9.17, 15) is 5.26 Å². The van der Waals surface area contributed by atoms with Gasteiger partial charge in [-0.25, -0.2) is 0 Å². The second kappa shape index (κ2) is 9.16. The van der Waals surface area contributed by atoms with E-state index in [1.165, 1.54) is 11.8 Å². The first-order valence-electron chi connectivity index (χ1n) is 8.12. The van der Waals surface area contributed by atoms with Gasteiger partial charge in [0, 0.05) is 19.8 Å². The minimum absolute atomic E-state index is 0.154. The number of thiocyanates is 1. The van der Waals surface area contributed by atoms with Gasteiger partial charge in [-0.2, -0.15) is 5.26 Å². The second-order valence-electron chi connectivity index (χ2n) is 5.28. The van der Waals surface area contributed by atoms with E-state index < -0.39 is 13.8 Å². The SMILES string of the molecule is CCCC1(OCC)C(SC#N)CCC[Si]1(OCC)OCC. The quantitative estimate of drug-likeness (QED) is 0.472. The van der Waals surface area contributed by atoms with Crippen LogP contribution in [-0.2, 0) is 13.6 Å². The van der Waals surface area contributed by atoms with Crippen LogP contribution in [0.5, 0.6) is 0 Å². The van der Waals surface area contributed by atoms with Crippen molar-refractivity contribution in [3.63, 3.8) is 0 Å². The van der Waals surface area contributed by atoms with Gasteiger partial charge in [-0.15, -0.1) is 0 Å². The highest BCUT2D eigenvalue weighted by Crippen LogP contribution is 2.48. The Hall–Kier alpha value is -0.0631. The van der Waals surface area contributed by atoms with E-state index in [1.54, 1.807) is 0 Å². The lowest BCUT2D eigenvalue weighted by Crippen LogP contribution is -2.70. The molecule has 1 aliphatic heterocycles. The molecule has 1 fully saturated rings. The standard InChI is InChI=1S/C15H29NO3SSi/c1-5-11-15(17-6-2)14(20-13-16)10-9-12-21(15,18-7-3)19-8-4/h14H,5-12H2,1-4H3. The third kappa shape index (κ3) is 3.83. The molecule has 0 radical (unpaired) electrons. The van der Waals surface area contributed by atoms with Crippen molar-refractivity contribution in [2.24, 2.45) is 0 Å². The summed E-state index contributed by atoms with van der Waals surface area (Å²) in [6, 6.07) is 0.969. The monoisotopic (exact) mass is 331 g/mol. The molecule has 0 amide bonds. The number of ether oxygens (including phenoxy) is 1. The van der Waals surface area contributed by atoms with E-state index in [1.807, 2.05) is 20.8 Å². The second-order valence-corrected chi connectivity index (χ2v) is 9.70. The number of nitriles is 1. The van der Waals surface area contributed by atoms with Gasteiger partial charge in [0.2, 0.25) is 0 Å². The summed E-state index contributed by atoms with van der Waals surface area (Å²) in [6.07, 6.45) is 3.99. The Kier molecular flexibility index (Phi) is 8.28. The summed E-state index contributed by atoms with van der Waals surface area (Å²) < 4.78 is 18.9. The first kappa shape index (κ1) is 19.0. The molecule has 0 spiro atoms. The van der Waals surface area contributed by atoms with Crippen LogP contribution in [0.2, 0.25) is 6.04 Å². The van der Waals surface area contributed by atoms with Crippen LogP contribution in [0.1, 0.15) is 53.4 Å². The van der Waals surface area contributed by atoms with Gasteiger partial charge in [0.05, 0.1) is 5.25 Å². The molecule has 6 heteroatoms. The van der Waals surface area contributed by atoms with Crippen LogP contribution in [0.15, 0.2) is 0 Å². The highest BCUT2D eigenvalue weighted by Gasteiger charge is 2.64. The molecule has 0 aliphatic carbocycles. The highest BCUT2D eigenvalue weighted by molar-refractivity contribution is 8.04. The normalized spacial score (nSPS) is 28.2. The Morgan fingerprint density at radius 2 is 1.86 bits per heavy atom. The summed E-state index contributed by atoms with van der Waals surface area (Å²) in [5, 5.41) is 11.2. The average Bonchev–Trinajstić information content (AvgIpc) is 2.45. The molecule has 1 saturated heterocycles. The van der Waals surface area contributed by atoms with Gasteiger partial charge in [0.25, 0.3) is 0 Å². The Morgan fingerprint density at radius 1 is 1.19 bits per heavy atom. The molecule has 122 valence electrons. The first-order chi connectivity index (χ1) is 10.2. The molecule has 0 saturated carbocycles. The first-order valence-corrected chi connectivity index (χ1v) is 11.0. The summed E-state index contributed by atoms with van der Waals surface area (Å²) in [4.78, 5) is 0. The van der Waals surface area contributed by atoms with Gasteiger partial charge in [-0.1, -0.05) is 19.8 Å². The molecule has 21 heavy (non-hydrogen) atoms. The van der Waals surface area contributed by atoms with Crippen LogP contribution < -0.4 is 0 Å². The molecule has 0 aromatic heterocycles. The van der Waals surface area contributed by atoms with Crippen LogP contribution in [-0.4, -0.2) is 38.9 Å². The van der Waals surface area contributed by atoms with Crippen LogP contribution in [0, 0.1) is 10.7 Å². The van der Waals surface area contributed by atoms with E-state index in [0.29, 0.717) is 19.8 Å². The zero-order chi connectivity index (χ0) is 15.8. The van der Waals surface area contributed by atoms with E-state index >= 15 is 0 Å². The van der Waals surface area contributed by atoms with Crippen LogP contribution in [0.3, 0.4) is 0 Å². The fourth-order valence-electron chi connectivity index (χ4n) is 3.58. The van der Waals surface area contributed by atoms with Crippen LogP contribution >= 0.6 is 11.8 Å². The number of thioether (sulfide) groups is 1. The lowest BCUT2D eigenvalue weighted by Gasteiger charge is -2.52. The molecule has 0 aromatic carbocycles. The van der Waals surface area contributed by atoms with Gasteiger partial charge < -0.3 is 13.6 Å². The number of hydrogen-bond donors (Lipinski definition) is 0. The predicted molar refractivity (Wildman–Crippen MR) is 89.3 cm³/mol. The number of nitrogens with zero attached hydrogens (tertiary/aromatic N) is 1. The summed E-state index contributed by atoms with van der Waals surface area (Å²) in [5.41, 5.74) is 0. The van der Waals surface area contributed by atoms with Crippen molar-refractivity contribution in [1.29, 1.82) is 5.26 Å². The van der Waals surface area contributed by atoms with Crippen LogP contribution in [0.4, 0.5) is 0 Å². The lowest BCUT2D eigenvalue weighted by molar-refractivity contribution is -0.0414. The summed E-state index contributed by atoms with van der Waals surface area (Å²) in [6.45, 7) is 10.2. The molecular formula is C15H29NO3SSi. The molecule has 0 aromatic rings. The summed E-state index contributed by atoms with van der Waals surface area (Å²) in [5.74, 6) is 0. The highest BCUT2D eigenvalue weighted by atomic mass is 32.2. The molecule has 1 heterocycles. The Bertz CT molecular complexity index is 331. The minimum atomic E-state index is -2.50. The molecule has 1 aliphatic rings. The van der Waals surface area contributed by atoms with E-state index in [-0.39, 0.29) is 5.25 Å². The largest absolute Gasteiger partial charge is 0.393 e. The molecular weight excluding hydrogens is 302 g/mol. The fourth-order valence-corrected chi connectivity index (χ4v) is 9.60. The van der Waals surface area contributed by atoms with Crippen molar-refractivity contribution in [3.05, 3.63) is 0 Å². The van der Waals surface area contributed by atoms with Crippen molar-refractivity contribution in [2.45, 2.75) is 69.9 Å². The van der Waals surface area contributed by atoms with Gasteiger partial charge in [-0.3, -0.25) is 0 Å². The summed E-state index contributed by atoms with van der Waals surface area (Å²) >= 11 is 1.35. The van der Waals surface area contributed by atoms with E-state index in [4.69, 9.17) is 13.6 Å².